The van der Waals surface area contributed by atoms with Crippen molar-refractivity contribution in [2.75, 3.05) is 12.4 Å². The van der Waals surface area contributed by atoms with Gasteiger partial charge in [0, 0.05) is 23.7 Å². The number of methoxy groups -OCH3 is 1. The van der Waals surface area contributed by atoms with Gasteiger partial charge < -0.3 is 10.1 Å². The van der Waals surface area contributed by atoms with Crippen molar-refractivity contribution in [3.63, 3.8) is 0 Å². The number of ether oxygens (including phenoxy) is 1. The summed E-state index contributed by atoms with van der Waals surface area (Å²) in [5.41, 5.74) is -1.47. The second kappa shape index (κ2) is 6.97. The lowest BCUT2D eigenvalue weighted by Crippen LogP contribution is -2.16. The van der Waals surface area contributed by atoms with Crippen molar-refractivity contribution >= 4 is 22.9 Å². The van der Waals surface area contributed by atoms with Gasteiger partial charge in [-0.3, -0.25) is 14.9 Å². The molecule has 0 saturated heterocycles. The Labute approximate surface area is 166 Å². The highest BCUT2D eigenvalue weighted by atomic mass is 19.4. The fraction of sp³-hybridized carbons (Fsp3) is 0.278. The summed E-state index contributed by atoms with van der Waals surface area (Å²) in [5, 5.41) is 17.2. The molecule has 4 rings (SSSR count). The van der Waals surface area contributed by atoms with E-state index in [0.717, 1.165) is 31.2 Å². The van der Waals surface area contributed by atoms with Gasteiger partial charge in [0.05, 0.1) is 30.0 Å². The number of nitrogens with one attached hydrogen (secondary N) is 1. The summed E-state index contributed by atoms with van der Waals surface area (Å²) in [6, 6.07) is 4.58. The molecule has 0 radical (unpaired) electrons. The minimum Gasteiger partial charge on any atom is -0.496 e. The summed E-state index contributed by atoms with van der Waals surface area (Å²) in [5.74, 6) is -0.753. The SMILES string of the molecule is COc1cc(NC(=O)c2cnn3c(C(F)(F)F)cc(C4CC4)nc23)cc([N+](=O)[O-])c1. The lowest BCUT2D eigenvalue weighted by atomic mass is 10.2. The Morgan fingerprint density at radius 3 is 2.63 bits per heavy atom. The van der Waals surface area contributed by atoms with Crippen LogP contribution in [-0.4, -0.2) is 32.5 Å². The number of alkyl halides is 3. The number of amides is 1. The van der Waals surface area contributed by atoms with Crippen molar-refractivity contribution in [3.05, 3.63) is 57.5 Å². The standard InChI is InChI=1S/C18H14F3N5O4/c1-30-12-5-10(4-11(6-12)26(28)29)23-17(27)13-8-22-25-15(18(19,20)21)7-14(9-2-3-9)24-16(13)25/h4-9H,2-3H2,1H3,(H,23,27). The van der Waals surface area contributed by atoms with Gasteiger partial charge in [-0.15, -0.1) is 0 Å². The zero-order valence-corrected chi connectivity index (χ0v) is 15.4. The Morgan fingerprint density at radius 1 is 1.30 bits per heavy atom. The van der Waals surface area contributed by atoms with Crippen LogP contribution in [0.2, 0.25) is 0 Å². The molecule has 1 aliphatic rings. The number of benzene rings is 1. The molecule has 0 atom stereocenters. The predicted octanol–water partition coefficient (Wildman–Crippen LogP) is 3.79. The van der Waals surface area contributed by atoms with Crippen molar-refractivity contribution < 1.29 is 27.6 Å². The van der Waals surface area contributed by atoms with Crippen LogP contribution in [-0.2, 0) is 6.18 Å². The second-order valence-electron chi connectivity index (χ2n) is 6.76. The number of fused-ring (bicyclic) bond motifs is 1. The minimum atomic E-state index is -4.68. The average molecular weight is 421 g/mol. The number of aromatic nitrogens is 3. The van der Waals surface area contributed by atoms with E-state index >= 15 is 0 Å². The van der Waals surface area contributed by atoms with E-state index in [1.54, 1.807) is 0 Å². The smallest absolute Gasteiger partial charge is 0.433 e. The molecule has 0 spiro atoms. The van der Waals surface area contributed by atoms with Crippen molar-refractivity contribution in [2.24, 2.45) is 0 Å². The number of nitro benzene ring substituents is 1. The van der Waals surface area contributed by atoms with Crippen LogP contribution in [0.3, 0.4) is 0 Å². The number of rotatable bonds is 5. The van der Waals surface area contributed by atoms with Crippen LogP contribution in [0.1, 0.15) is 40.5 Å². The maximum atomic E-state index is 13.5. The third-order valence-electron chi connectivity index (χ3n) is 4.62. The number of nitrogens with zero attached hydrogens (tertiary/aromatic N) is 4. The van der Waals surface area contributed by atoms with Crippen LogP contribution in [0.15, 0.2) is 30.5 Å². The lowest BCUT2D eigenvalue weighted by Gasteiger charge is -2.11. The average Bonchev–Trinajstić information content (AvgIpc) is 3.45. The molecule has 2 aromatic heterocycles. The van der Waals surface area contributed by atoms with E-state index in [1.165, 1.54) is 19.2 Å². The lowest BCUT2D eigenvalue weighted by molar-refractivity contribution is -0.384. The molecule has 30 heavy (non-hydrogen) atoms. The number of non-ortho nitro benzene ring substituents is 1. The number of halogens is 3. The van der Waals surface area contributed by atoms with Crippen molar-refractivity contribution in [3.8, 4) is 5.75 Å². The first-order valence-electron chi connectivity index (χ1n) is 8.78. The first-order chi connectivity index (χ1) is 14.2. The Hall–Kier alpha value is -3.70. The molecule has 1 fully saturated rings. The minimum absolute atomic E-state index is 0.0415. The first kappa shape index (κ1) is 19.6. The molecule has 0 bridgehead atoms. The number of hydrogen-bond donors (Lipinski definition) is 1. The van der Waals surface area contributed by atoms with Gasteiger partial charge in [-0.05, 0) is 18.9 Å². The van der Waals surface area contributed by atoms with Gasteiger partial charge >= 0.3 is 6.18 Å². The zero-order chi connectivity index (χ0) is 21.6. The first-order valence-corrected chi connectivity index (χ1v) is 8.78. The quantitative estimate of drug-likeness (QED) is 0.496. The molecule has 1 amide bonds. The number of hydrogen-bond acceptors (Lipinski definition) is 6. The third-order valence-corrected chi connectivity index (χ3v) is 4.62. The number of carbonyl (C=O) groups excluding carboxylic acids is 1. The summed E-state index contributed by atoms with van der Waals surface area (Å²) in [6.07, 6.45) is -2.25. The van der Waals surface area contributed by atoms with Crippen LogP contribution in [0.4, 0.5) is 24.5 Å². The van der Waals surface area contributed by atoms with Gasteiger partial charge in [-0.2, -0.15) is 18.3 Å². The largest absolute Gasteiger partial charge is 0.496 e. The molecule has 1 saturated carbocycles. The summed E-state index contributed by atoms with van der Waals surface area (Å²) in [7, 11) is 1.30. The van der Waals surface area contributed by atoms with Crippen LogP contribution >= 0.6 is 0 Å². The second-order valence-corrected chi connectivity index (χ2v) is 6.76. The Kier molecular flexibility index (Phi) is 4.56. The predicted molar refractivity (Wildman–Crippen MR) is 97.6 cm³/mol. The maximum Gasteiger partial charge on any atom is 0.433 e. The Balaban J connectivity index is 1.75. The maximum absolute atomic E-state index is 13.5. The summed E-state index contributed by atoms with van der Waals surface area (Å²) in [6.45, 7) is 0. The highest BCUT2D eigenvalue weighted by Crippen LogP contribution is 2.41. The van der Waals surface area contributed by atoms with Crippen molar-refractivity contribution in [2.45, 2.75) is 24.9 Å². The highest BCUT2D eigenvalue weighted by molar-refractivity contribution is 6.08. The molecule has 12 heteroatoms. The van der Waals surface area contributed by atoms with E-state index in [9.17, 15) is 28.1 Å². The molecule has 2 heterocycles. The van der Waals surface area contributed by atoms with Crippen LogP contribution in [0, 0.1) is 10.1 Å². The van der Waals surface area contributed by atoms with E-state index < -0.39 is 22.7 Å². The van der Waals surface area contributed by atoms with Crippen LogP contribution < -0.4 is 10.1 Å². The molecular weight excluding hydrogens is 407 g/mol. The van der Waals surface area contributed by atoms with Gasteiger partial charge in [-0.25, -0.2) is 9.50 Å². The van der Waals surface area contributed by atoms with E-state index in [0.29, 0.717) is 4.52 Å². The molecule has 9 nitrogen and oxygen atoms in total. The van der Waals surface area contributed by atoms with Gasteiger partial charge in [0.1, 0.15) is 17.0 Å². The molecule has 0 unspecified atom stereocenters. The highest BCUT2D eigenvalue weighted by Gasteiger charge is 2.38. The molecular formula is C18H14F3N5O4. The van der Waals surface area contributed by atoms with Gasteiger partial charge in [-0.1, -0.05) is 0 Å². The number of nitro groups is 1. The summed E-state index contributed by atoms with van der Waals surface area (Å²) in [4.78, 5) is 27.3. The van der Waals surface area contributed by atoms with Gasteiger partial charge in [0.25, 0.3) is 11.6 Å². The molecule has 1 aromatic carbocycles. The van der Waals surface area contributed by atoms with Gasteiger partial charge in [0.2, 0.25) is 0 Å². The summed E-state index contributed by atoms with van der Waals surface area (Å²) < 4.78 is 46.0. The fourth-order valence-corrected chi connectivity index (χ4v) is 3.01. The monoisotopic (exact) mass is 421 g/mol. The molecule has 3 aromatic rings. The van der Waals surface area contributed by atoms with E-state index in [2.05, 4.69) is 15.4 Å². The molecule has 1 N–H and O–H groups in total. The zero-order valence-electron chi connectivity index (χ0n) is 15.4. The summed E-state index contributed by atoms with van der Waals surface area (Å²) >= 11 is 0. The number of anilines is 1. The van der Waals surface area contributed by atoms with Crippen molar-refractivity contribution in [1.29, 1.82) is 0 Å². The van der Waals surface area contributed by atoms with Crippen molar-refractivity contribution in [1.82, 2.24) is 14.6 Å². The van der Waals surface area contributed by atoms with Gasteiger partial charge in [0.15, 0.2) is 5.65 Å². The molecule has 1 aliphatic carbocycles. The number of carbonyl (C=O) groups is 1. The van der Waals surface area contributed by atoms with Crippen LogP contribution in [0.5, 0.6) is 5.75 Å². The normalized spacial score (nSPS) is 14.0. The topological polar surface area (TPSA) is 112 Å². The molecule has 0 aliphatic heterocycles. The van der Waals surface area contributed by atoms with E-state index in [4.69, 9.17) is 4.74 Å². The van der Waals surface area contributed by atoms with E-state index in [-0.39, 0.29) is 39.9 Å². The fourth-order valence-electron chi connectivity index (χ4n) is 3.01. The Bertz CT molecular complexity index is 1170. The Morgan fingerprint density at radius 2 is 2.03 bits per heavy atom. The van der Waals surface area contributed by atoms with Crippen LogP contribution in [0.25, 0.3) is 5.65 Å². The molecule has 156 valence electrons. The van der Waals surface area contributed by atoms with E-state index in [1.807, 2.05) is 0 Å². The third kappa shape index (κ3) is 3.63.